The molecule has 1 aromatic heterocycles. The summed E-state index contributed by atoms with van der Waals surface area (Å²) >= 11 is 5.79. The molecule has 1 N–H and O–H groups in total. The lowest BCUT2D eigenvalue weighted by atomic mass is 10.00. The Morgan fingerprint density at radius 1 is 1.18 bits per heavy atom. The third kappa shape index (κ3) is 3.46. The summed E-state index contributed by atoms with van der Waals surface area (Å²) in [5.41, 5.74) is 2.50. The molecular weight excluding hydrogens is 385 g/mol. The van der Waals surface area contributed by atoms with E-state index in [-0.39, 0.29) is 22.3 Å². The Morgan fingerprint density at radius 2 is 1.96 bits per heavy atom. The molecule has 9 heteroatoms. The number of fused-ring (bicyclic) bond motifs is 1. The predicted molar refractivity (Wildman–Crippen MR) is 105 cm³/mol. The first-order valence-electron chi connectivity index (χ1n) is 8.56. The lowest BCUT2D eigenvalue weighted by Gasteiger charge is -2.29. The minimum absolute atomic E-state index is 0.0246. The zero-order valence-corrected chi connectivity index (χ0v) is 15.4. The first-order chi connectivity index (χ1) is 13.5. The van der Waals surface area contributed by atoms with Crippen LogP contribution < -0.4 is 10.2 Å². The van der Waals surface area contributed by atoms with Crippen molar-refractivity contribution in [2.24, 2.45) is 0 Å². The van der Waals surface area contributed by atoms with E-state index in [4.69, 9.17) is 11.6 Å². The van der Waals surface area contributed by atoms with Gasteiger partial charge in [-0.05, 0) is 35.7 Å². The van der Waals surface area contributed by atoms with Crippen LogP contribution in [0, 0.1) is 15.9 Å². The van der Waals surface area contributed by atoms with E-state index in [1.54, 1.807) is 0 Å². The molecule has 7 nitrogen and oxygen atoms in total. The molecule has 2 aromatic carbocycles. The van der Waals surface area contributed by atoms with Crippen LogP contribution in [-0.4, -0.2) is 21.4 Å². The molecule has 1 aliphatic heterocycles. The zero-order chi connectivity index (χ0) is 19.7. The molecule has 0 saturated carbocycles. The lowest BCUT2D eigenvalue weighted by molar-refractivity contribution is -0.383. The third-order valence-corrected chi connectivity index (χ3v) is 4.89. The molecule has 0 amide bonds. The van der Waals surface area contributed by atoms with Crippen LogP contribution in [0.1, 0.15) is 11.1 Å². The Morgan fingerprint density at radius 3 is 2.71 bits per heavy atom. The summed E-state index contributed by atoms with van der Waals surface area (Å²) in [5.74, 6) is -0.307. The normalized spacial score (nSPS) is 13.1. The summed E-state index contributed by atoms with van der Waals surface area (Å²) in [6.07, 6.45) is 2.05. The Bertz CT molecular complexity index is 1060. The first kappa shape index (κ1) is 18.1. The number of nitro groups is 1. The van der Waals surface area contributed by atoms with Crippen LogP contribution in [0.3, 0.4) is 0 Å². The molecule has 4 rings (SSSR count). The van der Waals surface area contributed by atoms with E-state index < -0.39 is 10.7 Å². The van der Waals surface area contributed by atoms with Crippen LogP contribution in [-0.2, 0) is 13.0 Å². The zero-order valence-electron chi connectivity index (χ0n) is 14.6. The van der Waals surface area contributed by atoms with E-state index >= 15 is 0 Å². The van der Waals surface area contributed by atoms with Gasteiger partial charge < -0.3 is 10.2 Å². The molecule has 28 heavy (non-hydrogen) atoms. The average molecular weight is 400 g/mol. The van der Waals surface area contributed by atoms with E-state index in [1.165, 1.54) is 30.1 Å². The Balaban J connectivity index is 1.70. The van der Waals surface area contributed by atoms with Gasteiger partial charge in [0.2, 0.25) is 11.6 Å². The van der Waals surface area contributed by atoms with E-state index in [9.17, 15) is 14.5 Å². The summed E-state index contributed by atoms with van der Waals surface area (Å²) in [6, 6.07) is 12.0. The highest BCUT2D eigenvalue weighted by atomic mass is 35.5. The molecular formula is C19H15ClFN5O2. The fraction of sp³-hybridized carbons (Fsp3) is 0.158. The number of rotatable bonds is 4. The smallest absolute Gasteiger partial charge is 0.346 e. The first-order valence-corrected chi connectivity index (χ1v) is 8.94. The molecule has 142 valence electrons. The van der Waals surface area contributed by atoms with Crippen molar-refractivity contribution in [2.45, 2.75) is 13.0 Å². The minimum Gasteiger partial charge on any atom is -0.346 e. The predicted octanol–water partition coefficient (Wildman–Crippen LogP) is 4.48. The van der Waals surface area contributed by atoms with E-state index in [2.05, 4.69) is 21.4 Å². The molecule has 0 saturated heterocycles. The van der Waals surface area contributed by atoms with Gasteiger partial charge in [0.1, 0.15) is 12.1 Å². The van der Waals surface area contributed by atoms with Gasteiger partial charge >= 0.3 is 5.69 Å². The van der Waals surface area contributed by atoms with Gasteiger partial charge in [0, 0.05) is 18.8 Å². The van der Waals surface area contributed by atoms with Gasteiger partial charge in [0.15, 0.2) is 0 Å². The maximum Gasteiger partial charge on any atom is 0.353 e. The van der Waals surface area contributed by atoms with Crippen molar-refractivity contribution in [1.29, 1.82) is 0 Å². The quantitative estimate of drug-likeness (QED) is 0.514. The maximum atomic E-state index is 13.4. The van der Waals surface area contributed by atoms with Gasteiger partial charge in [-0.1, -0.05) is 35.9 Å². The summed E-state index contributed by atoms with van der Waals surface area (Å²) in [6.45, 7) is 1.13. The molecule has 0 aliphatic carbocycles. The van der Waals surface area contributed by atoms with Crippen LogP contribution in [0.5, 0.6) is 0 Å². The topological polar surface area (TPSA) is 84.2 Å². The van der Waals surface area contributed by atoms with Gasteiger partial charge in [0.25, 0.3) is 0 Å². The highest BCUT2D eigenvalue weighted by Crippen LogP contribution is 2.36. The second-order valence-corrected chi connectivity index (χ2v) is 6.75. The van der Waals surface area contributed by atoms with Crippen molar-refractivity contribution in [2.75, 3.05) is 16.8 Å². The fourth-order valence-corrected chi connectivity index (χ4v) is 3.43. The van der Waals surface area contributed by atoms with Crippen molar-refractivity contribution < 1.29 is 9.31 Å². The Kier molecular flexibility index (Phi) is 4.79. The summed E-state index contributed by atoms with van der Waals surface area (Å²) < 4.78 is 13.4. The number of benzene rings is 2. The van der Waals surface area contributed by atoms with Gasteiger partial charge in [0.05, 0.1) is 9.95 Å². The Labute approximate surface area is 165 Å². The molecule has 3 aromatic rings. The number of nitrogens with zero attached hydrogens (tertiary/aromatic N) is 4. The van der Waals surface area contributed by atoms with Crippen LogP contribution >= 0.6 is 11.6 Å². The van der Waals surface area contributed by atoms with Crippen molar-refractivity contribution in [3.05, 3.63) is 80.9 Å². The summed E-state index contributed by atoms with van der Waals surface area (Å²) in [5, 5.41) is 14.6. The molecule has 0 atom stereocenters. The summed E-state index contributed by atoms with van der Waals surface area (Å²) in [4.78, 5) is 21.4. The monoisotopic (exact) mass is 399 g/mol. The highest BCUT2D eigenvalue weighted by Gasteiger charge is 2.29. The lowest BCUT2D eigenvalue weighted by Crippen LogP contribution is -2.31. The van der Waals surface area contributed by atoms with Crippen LogP contribution in [0.2, 0.25) is 5.02 Å². The fourth-order valence-electron chi connectivity index (χ4n) is 3.25. The molecule has 0 bridgehead atoms. The second kappa shape index (κ2) is 7.40. The van der Waals surface area contributed by atoms with Gasteiger partial charge in [-0.25, -0.2) is 14.4 Å². The molecule has 0 radical (unpaired) electrons. The van der Waals surface area contributed by atoms with Crippen molar-refractivity contribution in [3.8, 4) is 0 Å². The van der Waals surface area contributed by atoms with E-state index in [0.29, 0.717) is 18.8 Å². The Hall–Kier alpha value is -3.26. The SMILES string of the molecule is O=[N+]([O-])c1c(Nc2ccc(F)c(Cl)c2)ncnc1N1CCc2ccccc2C1. The number of hydrogen-bond donors (Lipinski definition) is 1. The van der Waals surface area contributed by atoms with Gasteiger partial charge in [-0.2, -0.15) is 0 Å². The standard InChI is InChI=1S/C19H15ClFN5O2/c20-15-9-14(5-6-16(15)21)24-18-17(26(27)28)19(23-11-22-18)25-8-7-12-3-1-2-4-13(12)10-25/h1-6,9,11H,7-8,10H2,(H,22,23,24). The van der Waals surface area contributed by atoms with E-state index in [0.717, 1.165) is 12.0 Å². The van der Waals surface area contributed by atoms with Crippen molar-refractivity contribution >= 4 is 34.6 Å². The van der Waals surface area contributed by atoms with Crippen molar-refractivity contribution in [1.82, 2.24) is 9.97 Å². The largest absolute Gasteiger partial charge is 0.353 e. The van der Waals surface area contributed by atoms with Crippen molar-refractivity contribution in [3.63, 3.8) is 0 Å². The number of nitrogens with one attached hydrogen (secondary N) is 1. The molecule has 0 fully saturated rings. The minimum atomic E-state index is -0.572. The van der Waals surface area contributed by atoms with E-state index in [1.807, 2.05) is 23.1 Å². The number of aromatic nitrogens is 2. The molecule has 1 aliphatic rings. The number of halogens is 2. The number of anilines is 3. The highest BCUT2D eigenvalue weighted by molar-refractivity contribution is 6.31. The van der Waals surface area contributed by atoms with Crippen LogP contribution in [0.25, 0.3) is 0 Å². The maximum absolute atomic E-state index is 13.4. The van der Waals surface area contributed by atoms with Crippen LogP contribution in [0.4, 0.5) is 27.4 Å². The van der Waals surface area contributed by atoms with Crippen LogP contribution in [0.15, 0.2) is 48.8 Å². The van der Waals surface area contributed by atoms with Gasteiger partial charge in [-0.15, -0.1) is 0 Å². The molecule has 0 spiro atoms. The number of hydrogen-bond acceptors (Lipinski definition) is 6. The van der Waals surface area contributed by atoms with Gasteiger partial charge in [-0.3, -0.25) is 10.1 Å². The molecule has 0 unspecified atom stereocenters. The summed E-state index contributed by atoms with van der Waals surface area (Å²) in [7, 11) is 0. The third-order valence-electron chi connectivity index (χ3n) is 4.60. The molecule has 2 heterocycles. The average Bonchev–Trinajstić information content (AvgIpc) is 2.70. The second-order valence-electron chi connectivity index (χ2n) is 6.35.